The second-order valence-electron chi connectivity index (χ2n) is 3.30. The molecule has 17 heavy (non-hydrogen) atoms. The fourth-order valence-electron chi connectivity index (χ4n) is 1.12. The highest BCUT2D eigenvalue weighted by Crippen LogP contribution is 2.03. The van der Waals surface area contributed by atoms with Crippen LogP contribution in [0.5, 0.6) is 0 Å². The van der Waals surface area contributed by atoms with Gasteiger partial charge in [0.05, 0.1) is 18.4 Å². The molecule has 1 aromatic heterocycles. The summed E-state index contributed by atoms with van der Waals surface area (Å²) in [5, 5.41) is 2.63. The molecule has 1 aromatic rings. The summed E-state index contributed by atoms with van der Waals surface area (Å²) in [4.78, 5) is 25.8. The Morgan fingerprint density at radius 1 is 1.47 bits per heavy atom. The molecule has 90 valence electrons. The van der Waals surface area contributed by atoms with Crippen LogP contribution in [0.4, 0.5) is 0 Å². The highest BCUT2D eigenvalue weighted by Gasteiger charge is 2.03. The van der Waals surface area contributed by atoms with Crippen molar-refractivity contribution in [1.29, 1.82) is 0 Å². The summed E-state index contributed by atoms with van der Waals surface area (Å²) in [7, 11) is 1.32. The number of nitrogens with zero attached hydrogens (tertiary/aromatic N) is 1. The predicted molar refractivity (Wildman–Crippen MR) is 63.3 cm³/mol. The number of carbonyl (C=O) groups is 2. The quantitative estimate of drug-likeness (QED) is 0.790. The van der Waals surface area contributed by atoms with Gasteiger partial charge in [-0.1, -0.05) is 6.08 Å². The molecule has 0 unspecified atom stereocenters. The van der Waals surface area contributed by atoms with E-state index in [9.17, 15) is 9.59 Å². The van der Waals surface area contributed by atoms with E-state index >= 15 is 0 Å². The van der Waals surface area contributed by atoms with Crippen molar-refractivity contribution in [1.82, 2.24) is 10.3 Å². The normalized spacial score (nSPS) is 10.2. The minimum Gasteiger partial charge on any atom is -0.465 e. The predicted octanol–water partition coefficient (Wildman–Crippen LogP) is 1.02. The number of aromatic nitrogens is 1. The van der Waals surface area contributed by atoms with Crippen LogP contribution in [-0.2, 0) is 9.53 Å². The van der Waals surface area contributed by atoms with Crippen molar-refractivity contribution >= 4 is 18.0 Å². The van der Waals surface area contributed by atoms with E-state index in [1.165, 1.54) is 20.2 Å². The van der Waals surface area contributed by atoms with E-state index in [4.69, 9.17) is 0 Å². The molecule has 0 saturated carbocycles. The van der Waals surface area contributed by atoms with Gasteiger partial charge in [0, 0.05) is 19.7 Å². The van der Waals surface area contributed by atoms with Crippen molar-refractivity contribution in [2.24, 2.45) is 0 Å². The number of nitrogens with one attached hydrogen (secondary N) is 1. The highest BCUT2D eigenvalue weighted by molar-refractivity contribution is 5.88. The van der Waals surface area contributed by atoms with Gasteiger partial charge in [-0.15, -0.1) is 0 Å². The molecule has 0 bridgehead atoms. The third-order valence-corrected chi connectivity index (χ3v) is 1.96. The molecule has 0 atom stereocenters. The molecule has 0 aliphatic heterocycles. The van der Waals surface area contributed by atoms with Gasteiger partial charge in [0.15, 0.2) is 0 Å². The van der Waals surface area contributed by atoms with E-state index in [-0.39, 0.29) is 5.91 Å². The van der Waals surface area contributed by atoms with Gasteiger partial charge in [0.1, 0.15) is 0 Å². The van der Waals surface area contributed by atoms with Gasteiger partial charge >= 0.3 is 5.97 Å². The maximum Gasteiger partial charge on any atom is 0.339 e. The first-order valence-corrected chi connectivity index (χ1v) is 5.09. The van der Waals surface area contributed by atoms with E-state index in [0.29, 0.717) is 17.8 Å². The molecule has 0 aromatic carbocycles. The first-order chi connectivity index (χ1) is 8.13. The van der Waals surface area contributed by atoms with Crippen molar-refractivity contribution in [2.45, 2.75) is 6.92 Å². The van der Waals surface area contributed by atoms with Crippen LogP contribution < -0.4 is 5.32 Å². The van der Waals surface area contributed by atoms with Gasteiger partial charge in [0.25, 0.3) is 0 Å². The van der Waals surface area contributed by atoms with Gasteiger partial charge in [-0.05, 0) is 18.2 Å². The Hall–Kier alpha value is -2.17. The second kappa shape index (κ2) is 6.42. The lowest BCUT2D eigenvalue weighted by Gasteiger charge is -1.99. The average molecular weight is 234 g/mol. The minimum absolute atomic E-state index is 0.0800. The van der Waals surface area contributed by atoms with Crippen molar-refractivity contribution in [3.8, 4) is 0 Å². The molecule has 0 fully saturated rings. The Labute approximate surface area is 99.5 Å². The van der Waals surface area contributed by atoms with Crippen LogP contribution >= 0.6 is 0 Å². The van der Waals surface area contributed by atoms with Crippen LogP contribution in [-0.4, -0.2) is 30.5 Å². The van der Waals surface area contributed by atoms with Crippen molar-refractivity contribution in [3.05, 3.63) is 35.7 Å². The summed E-state index contributed by atoms with van der Waals surface area (Å²) >= 11 is 0. The van der Waals surface area contributed by atoms with Gasteiger partial charge in [-0.3, -0.25) is 9.78 Å². The number of hydrogen-bond acceptors (Lipinski definition) is 4. The van der Waals surface area contributed by atoms with Crippen LogP contribution in [0.1, 0.15) is 23.0 Å². The van der Waals surface area contributed by atoms with Gasteiger partial charge in [-0.2, -0.15) is 0 Å². The number of esters is 1. The van der Waals surface area contributed by atoms with Crippen LogP contribution in [0.25, 0.3) is 6.08 Å². The molecular weight excluding hydrogens is 220 g/mol. The topological polar surface area (TPSA) is 68.3 Å². The molecule has 0 aliphatic rings. The Bertz CT molecular complexity index is 424. The van der Waals surface area contributed by atoms with Gasteiger partial charge in [0.2, 0.25) is 5.91 Å². The fraction of sp³-hybridized carbons (Fsp3) is 0.250. The number of rotatable bonds is 4. The molecule has 5 heteroatoms. The Kier molecular flexibility index (Phi) is 4.87. The summed E-state index contributed by atoms with van der Waals surface area (Å²) in [6, 6.07) is 3.34. The number of carbonyl (C=O) groups excluding carboxylic acids is 2. The van der Waals surface area contributed by atoms with Crippen LogP contribution in [0.2, 0.25) is 0 Å². The second-order valence-corrected chi connectivity index (χ2v) is 3.30. The Balaban J connectivity index is 2.56. The SMILES string of the molecule is COC(=O)c1ccc(C=CCNC(C)=O)nc1. The molecule has 0 spiro atoms. The maximum absolute atomic E-state index is 11.1. The minimum atomic E-state index is -0.411. The van der Waals surface area contributed by atoms with Crippen LogP contribution in [0.15, 0.2) is 24.4 Å². The first-order valence-electron chi connectivity index (χ1n) is 5.09. The molecule has 1 rings (SSSR count). The lowest BCUT2D eigenvalue weighted by molar-refractivity contribution is -0.118. The largest absolute Gasteiger partial charge is 0.465 e. The van der Waals surface area contributed by atoms with E-state index in [1.54, 1.807) is 24.3 Å². The summed E-state index contributed by atoms with van der Waals surface area (Å²) in [5.41, 5.74) is 1.12. The number of hydrogen-bond donors (Lipinski definition) is 1. The van der Waals surface area contributed by atoms with E-state index in [0.717, 1.165) is 0 Å². The van der Waals surface area contributed by atoms with Gasteiger partial charge in [-0.25, -0.2) is 4.79 Å². The molecule has 5 nitrogen and oxygen atoms in total. The summed E-state index contributed by atoms with van der Waals surface area (Å²) in [5.74, 6) is -0.491. The lowest BCUT2D eigenvalue weighted by atomic mass is 10.2. The number of ether oxygens (including phenoxy) is 1. The number of amides is 1. The van der Waals surface area contributed by atoms with E-state index in [2.05, 4.69) is 15.0 Å². The average Bonchev–Trinajstić information content (AvgIpc) is 2.34. The monoisotopic (exact) mass is 234 g/mol. The fourth-order valence-corrected chi connectivity index (χ4v) is 1.12. The van der Waals surface area contributed by atoms with Gasteiger partial charge < -0.3 is 10.1 Å². The lowest BCUT2D eigenvalue weighted by Crippen LogP contribution is -2.19. The van der Waals surface area contributed by atoms with E-state index in [1.807, 2.05) is 0 Å². The molecule has 0 aliphatic carbocycles. The summed E-state index contributed by atoms with van der Waals surface area (Å²) in [6.45, 7) is 1.91. The maximum atomic E-state index is 11.1. The Morgan fingerprint density at radius 3 is 2.76 bits per heavy atom. The van der Waals surface area contributed by atoms with Crippen molar-refractivity contribution in [2.75, 3.05) is 13.7 Å². The molecular formula is C12H14N2O3. The smallest absolute Gasteiger partial charge is 0.339 e. The molecule has 0 radical (unpaired) electrons. The number of pyridine rings is 1. The standard InChI is InChI=1S/C12H14N2O3/c1-9(15)13-7-3-4-11-6-5-10(8-14-11)12(16)17-2/h3-6,8H,7H2,1-2H3,(H,13,15). The van der Waals surface area contributed by atoms with Crippen molar-refractivity contribution in [3.63, 3.8) is 0 Å². The molecule has 0 saturated heterocycles. The Morgan fingerprint density at radius 2 is 2.24 bits per heavy atom. The van der Waals surface area contributed by atoms with Crippen molar-refractivity contribution < 1.29 is 14.3 Å². The summed E-state index contributed by atoms with van der Waals surface area (Å²) in [6.07, 6.45) is 4.99. The van der Waals surface area contributed by atoms with Crippen LogP contribution in [0, 0.1) is 0 Å². The molecule has 1 N–H and O–H groups in total. The van der Waals surface area contributed by atoms with Crippen LogP contribution in [0.3, 0.4) is 0 Å². The number of methoxy groups -OCH3 is 1. The third-order valence-electron chi connectivity index (χ3n) is 1.96. The first kappa shape index (κ1) is 12.9. The highest BCUT2D eigenvalue weighted by atomic mass is 16.5. The summed E-state index contributed by atoms with van der Waals surface area (Å²) < 4.78 is 4.56. The third kappa shape index (κ3) is 4.46. The molecule has 1 heterocycles. The molecule has 1 amide bonds. The zero-order valence-electron chi connectivity index (χ0n) is 9.77. The van der Waals surface area contributed by atoms with E-state index < -0.39 is 5.97 Å². The zero-order valence-corrected chi connectivity index (χ0v) is 9.77. The zero-order chi connectivity index (χ0) is 12.7.